The summed E-state index contributed by atoms with van der Waals surface area (Å²) in [5, 5.41) is 0. The van der Waals surface area contributed by atoms with E-state index in [0.717, 1.165) is 0 Å². The molecule has 0 aliphatic heterocycles. The van der Waals surface area contributed by atoms with Crippen molar-refractivity contribution in [1.29, 1.82) is 0 Å². The lowest BCUT2D eigenvalue weighted by Crippen LogP contribution is -2.47. The Hall–Kier alpha value is 0.225. The Morgan fingerprint density at radius 3 is 0.867 bits per heavy atom. The average Bonchev–Trinajstić information content (AvgIpc) is 2.07. The largest absolute Gasteiger partial charge is 0.673 e. The third-order valence-electron chi connectivity index (χ3n) is 2.68. The lowest BCUT2D eigenvalue weighted by molar-refractivity contribution is -0.921. The van der Waals surface area contributed by atoms with Crippen molar-refractivity contribution < 1.29 is 21.7 Å². The Kier molecular flexibility index (Phi) is 13.0. The minimum absolute atomic E-state index is 0. The van der Waals surface area contributed by atoms with E-state index >= 15 is 0 Å². The Morgan fingerprint density at radius 2 is 0.867 bits per heavy atom. The van der Waals surface area contributed by atoms with Gasteiger partial charge in [-0.1, -0.05) is 0 Å². The fraction of sp³-hybridized carbons (Fsp3) is 1.00. The zero-order valence-electron chi connectivity index (χ0n) is 9.77. The maximum Gasteiger partial charge on any atom is 0.673 e. The molecule has 15 heavy (non-hydrogen) atoms. The van der Waals surface area contributed by atoms with E-state index in [1.54, 1.807) is 0 Å². The number of hydrogen-bond acceptors (Lipinski definition) is 0. The quantitative estimate of drug-likeness (QED) is 0.421. The highest BCUT2D eigenvalue weighted by Gasteiger charge is 2.20. The van der Waals surface area contributed by atoms with Gasteiger partial charge >= 0.3 is 7.25 Å². The van der Waals surface area contributed by atoms with Gasteiger partial charge in [-0.3, -0.25) is 0 Å². The van der Waals surface area contributed by atoms with Crippen LogP contribution in [0.15, 0.2) is 0 Å². The van der Waals surface area contributed by atoms with Gasteiger partial charge in [0.05, 0.1) is 26.2 Å². The smallest absolute Gasteiger partial charge is 0.418 e. The summed E-state index contributed by atoms with van der Waals surface area (Å²) in [7, 11) is -6.00. The van der Waals surface area contributed by atoms with E-state index in [-0.39, 0.29) is 17.0 Å². The molecule has 0 rings (SSSR count). The molecule has 0 aromatic carbocycles. The van der Waals surface area contributed by atoms with Crippen LogP contribution in [0, 0.1) is 0 Å². The van der Waals surface area contributed by atoms with E-state index in [1.165, 1.54) is 30.7 Å². The van der Waals surface area contributed by atoms with Crippen molar-refractivity contribution in [2.24, 2.45) is 0 Å². The van der Waals surface area contributed by atoms with Gasteiger partial charge < -0.3 is 21.7 Å². The topological polar surface area (TPSA) is 0 Å². The second-order valence-electron chi connectivity index (χ2n) is 3.10. The average molecular weight is 298 g/mol. The molecular weight excluding hydrogens is 277 g/mol. The highest BCUT2D eigenvalue weighted by Crippen LogP contribution is 2.06. The predicted molar refractivity (Wildman–Crippen MR) is 62.9 cm³/mol. The highest BCUT2D eigenvalue weighted by molar-refractivity contribution is 8.93. The Balaban J connectivity index is -0.000000208. The van der Waals surface area contributed by atoms with Crippen molar-refractivity contribution in [3.63, 3.8) is 0 Å². The third kappa shape index (κ3) is 14.2. The van der Waals surface area contributed by atoms with Crippen molar-refractivity contribution in [3.8, 4) is 0 Å². The van der Waals surface area contributed by atoms with E-state index in [9.17, 15) is 17.3 Å². The number of quaternary nitrogens is 1. The van der Waals surface area contributed by atoms with Crippen LogP contribution in [0.25, 0.3) is 0 Å². The molecule has 0 amide bonds. The van der Waals surface area contributed by atoms with Gasteiger partial charge in [0, 0.05) is 0 Å². The molecule has 0 aliphatic rings. The second-order valence-corrected chi connectivity index (χ2v) is 3.10. The Morgan fingerprint density at radius 1 is 0.733 bits per heavy atom. The summed E-state index contributed by atoms with van der Waals surface area (Å²) in [5.41, 5.74) is 0. The van der Waals surface area contributed by atoms with Crippen LogP contribution in [0.1, 0.15) is 27.7 Å². The molecule has 0 spiro atoms. The standard InChI is InChI=1S/C8H20N.BF4.BrH/c1-5-9(6-2,7-3)8-4;2-1(3,4)5;/h5-8H2,1-4H3;;1H/q+1;-1;. The van der Waals surface area contributed by atoms with Gasteiger partial charge in [-0.05, 0) is 27.7 Å². The molecule has 0 unspecified atom stereocenters. The monoisotopic (exact) mass is 297 g/mol. The summed E-state index contributed by atoms with van der Waals surface area (Å²) >= 11 is 0. The fourth-order valence-corrected chi connectivity index (χ4v) is 1.34. The molecule has 0 aliphatic carbocycles. The summed E-state index contributed by atoms with van der Waals surface area (Å²) in [6.07, 6.45) is 0. The normalized spacial score (nSPS) is 11.2. The van der Waals surface area contributed by atoms with Crippen LogP contribution in [-0.2, 0) is 0 Å². The third-order valence-corrected chi connectivity index (χ3v) is 2.68. The molecule has 0 N–H and O–H groups in total. The fourth-order valence-electron chi connectivity index (χ4n) is 1.34. The number of halogens is 5. The minimum Gasteiger partial charge on any atom is -0.418 e. The van der Waals surface area contributed by atoms with Crippen LogP contribution in [0.3, 0.4) is 0 Å². The maximum absolute atomic E-state index is 9.75. The summed E-state index contributed by atoms with van der Waals surface area (Å²) < 4.78 is 40.3. The summed E-state index contributed by atoms with van der Waals surface area (Å²) in [4.78, 5) is 0. The van der Waals surface area contributed by atoms with Crippen LogP contribution in [0.4, 0.5) is 17.3 Å². The van der Waals surface area contributed by atoms with E-state index in [1.807, 2.05) is 0 Å². The SMILES string of the molecule is Br.CC[N+](CC)(CC)CC.F[B-](F)(F)F. The van der Waals surface area contributed by atoms with Gasteiger partial charge in [0.25, 0.3) is 0 Å². The number of hydrogen-bond donors (Lipinski definition) is 0. The van der Waals surface area contributed by atoms with Crippen LogP contribution in [0.2, 0.25) is 0 Å². The first kappa shape index (κ1) is 20.6. The van der Waals surface area contributed by atoms with Crippen LogP contribution in [0.5, 0.6) is 0 Å². The highest BCUT2D eigenvalue weighted by atomic mass is 79.9. The molecule has 0 radical (unpaired) electrons. The minimum atomic E-state index is -6.00. The molecule has 0 atom stereocenters. The van der Waals surface area contributed by atoms with Crippen molar-refractivity contribution in [3.05, 3.63) is 0 Å². The second kappa shape index (κ2) is 9.45. The lowest BCUT2D eigenvalue weighted by Gasteiger charge is -2.34. The first-order chi connectivity index (χ1) is 6.24. The van der Waals surface area contributed by atoms with E-state index in [0.29, 0.717) is 0 Å². The molecule has 1 nitrogen and oxygen atoms in total. The molecule has 7 heteroatoms. The van der Waals surface area contributed by atoms with Crippen molar-refractivity contribution in [1.82, 2.24) is 0 Å². The van der Waals surface area contributed by atoms with E-state index < -0.39 is 7.25 Å². The molecule has 96 valence electrons. The molecule has 0 fully saturated rings. The Labute approximate surface area is 100 Å². The molecule has 0 saturated carbocycles. The van der Waals surface area contributed by atoms with Crippen LogP contribution in [-0.4, -0.2) is 37.9 Å². The lowest BCUT2D eigenvalue weighted by atomic mass is 10.3. The summed E-state index contributed by atoms with van der Waals surface area (Å²) in [6, 6.07) is 0. The van der Waals surface area contributed by atoms with Gasteiger partial charge in [-0.15, -0.1) is 17.0 Å². The number of nitrogens with zero attached hydrogens (tertiary/aromatic N) is 1. The van der Waals surface area contributed by atoms with Crippen molar-refractivity contribution >= 4 is 24.2 Å². The molecule has 0 bridgehead atoms. The zero-order chi connectivity index (χ0) is 11.8. The maximum atomic E-state index is 9.75. The van der Waals surface area contributed by atoms with Gasteiger partial charge in [0.2, 0.25) is 0 Å². The van der Waals surface area contributed by atoms with Crippen LogP contribution >= 0.6 is 17.0 Å². The van der Waals surface area contributed by atoms with Gasteiger partial charge in [-0.25, -0.2) is 0 Å². The predicted octanol–water partition coefficient (Wildman–Crippen LogP) is 3.76. The van der Waals surface area contributed by atoms with Gasteiger partial charge in [0.1, 0.15) is 0 Å². The molecule has 0 saturated heterocycles. The molecular formula is C8H21BBrF4N. The molecule has 0 aromatic heterocycles. The van der Waals surface area contributed by atoms with E-state index in [2.05, 4.69) is 27.7 Å². The van der Waals surface area contributed by atoms with E-state index in [4.69, 9.17) is 0 Å². The molecule has 0 heterocycles. The summed E-state index contributed by atoms with van der Waals surface area (Å²) in [5.74, 6) is 0. The number of rotatable bonds is 4. The van der Waals surface area contributed by atoms with Crippen LogP contribution < -0.4 is 0 Å². The summed E-state index contributed by atoms with van der Waals surface area (Å²) in [6.45, 7) is 14.2. The molecule has 0 aromatic rings. The van der Waals surface area contributed by atoms with Crippen molar-refractivity contribution in [2.45, 2.75) is 27.7 Å². The first-order valence-corrected chi connectivity index (χ1v) is 4.97. The zero-order valence-corrected chi connectivity index (χ0v) is 11.5. The van der Waals surface area contributed by atoms with Gasteiger partial charge in [-0.2, -0.15) is 0 Å². The van der Waals surface area contributed by atoms with Gasteiger partial charge in [0.15, 0.2) is 0 Å². The van der Waals surface area contributed by atoms with Crippen molar-refractivity contribution in [2.75, 3.05) is 26.2 Å². The Bertz CT molecular complexity index is 116. The first-order valence-electron chi connectivity index (χ1n) is 4.97.